The van der Waals surface area contributed by atoms with E-state index in [1.807, 2.05) is 47.1 Å². The van der Waals surface area contributed by atoms with E-state index in [4.69, 9.17) is 9.47 Å². The summed E-state index contributed by atoms with van der Waals surface area (Å²) in [7, 11) is 0. The Labute approximate surface area is 163 Å². The molecule has 0 atom stereocenters. The lowest BCUT2D eigenvalue weighted by Gasteiger charge is -2.18. The topological polar surface area (TPSA) is 35.8 Å². The summed E-state index contributed by atoms with van der Waals surface area (Å²) in [5, 5.41) is 0. The average molecular weight is 368 g/mol. The molecule has 3 heterocycles. The van der Waals surface area contributed by atoms with Gasteiger partial charge >= 0.3 is 0 Å². The Hall–Kier alpha value is -3.53. The number of hydrogen-bond acceptors (Lipinski definition) is 3. The van der Waals surface area contributed by atoms with Crippen LogP contribution in [0.5, 0.6) is 0 Å². The molecule has 0 fully saturated rings. The van der Waals surface area contributed by atoms with Crippen LogP contribution < -0.4 is 0 Å². The monoisotopic (exact) mass is 368 g/mol. The van der Waals surface area contributed by atoms with E-state index in [1.54, 1.807) is 12.5 Å². The zero-order valence-electron chi connectivity index (χ0n) is 15.4. The molecule has 28 heavy (non-hydrogen) atoms. The molecule has 138 valence electrons. The van der Waals surface area contributed by atoms with Gasteiger partial charge in [-0.1, -0.05) is 54.1 Å². The predicted molar refractivity (Wildman–Crippen MR) is 110 cm³/mol. The van der Waals surface area contributed by atoms with Crippen LogP contribution in [0.2, 0.25) is 0 Å². The van der Waals surface area contributed by atoms with Gasteiger partial charge in [-0.2, -0.15) is 0 Å². The van der Waals surface area contributed by atoms with E-state index in [2.05, 4.69) is 35.3 Å². The number of imidazole rings is 1. The van der Waals surface area contributed by atoms with Crippen molar-refractivity contribution in [2.45, 2.75) is 19.3 Å². The molecule has 1 aliphatic carbocycles. The normalized spacial score (nSPS) is 16.1. The van der Waals surface area contributed by atoms with E-state index in [0.29, 0.717) is 0 Å². The molecule has 0 bridgehead atoms. The van der Waals surface area contributed by atoms with Crippen LogP contribution in [0.15, 0.2) is 96.9 Å². The lowest BCUT2D eigenvalue weighted by atomic mass is 10.0. The second-order valence-corrected chi connectivity index (χ2v) is 6.94. The molecule has 0 amide bonds. The van der Waals surface area contributed by atoms with E-state index in [9.17, 15) is 0 Å². The Morgan fingerprint density at radius 3 is 2.71 bits per heavy atom. The molecule has 1 aromatic carbocycles. The molecule has 1 aliphatic heterocycles. The average Bonchev–Trinajstić information content (AvgIpc) is 3.19. The van der Waals surface area contributed by atoms with Gasteiger partial charge in [-0.25, -0.2) is 4.98 Å². The number of nitrogens with zero attached hydrogens (tertiary/aromatic N) is 2. The molecule has 5 rings (SSSR count). The molecular weight excluding hydrogens is 348 g/mol. The number of pyridine rings is 1. The summed E-state index contributed by atoms with van der Waals surface area (Å²) in [4.78, 5) is 4.67. The van der Waals surface area contributed by atoms with E-state index in [-0.39, 0.29) is 0 Å². The molecule has 4 heteroatoms. The molecule has 0 saturated heterocycles. The summed E-state index contributed by atoms with van der Waals surface area (Å²) in [6.07, 6.45) is 16.8. The summed E-state index contributed by atoms with van der Waals surface area (Å²) < 4.78 is 13.6. The number of ether oxygens (including phenoxy) is 2. The first-order valence-electron chi connectivity index (χ1n) is 9.47. The van der Waals surface area contributed by atoms with Gasteiger partial charge in [-0.05, 0) is 25.0 Å². The van der Waals surface area contributed by atoms with Crippen LogP contribution in [0.1, 0.15) is 24.8 Å². The first-order chi connectivity index (χ1) is 13.8. The minimum atomic E-state index is 0.728. The second-order valence-electron chi connectivity index (χ2n) is 6.94. The highest BCUT2D eigenvalue weighted by Crippen LogP contribution is 2.30. The van der Waals surface area contributed by atoms with Gasteiger partial charge in [-0.3, -0.25) is 0 Å². The number of fused-ring (bicyclic) bond motifs is 1. The van der Waals surface area contributed by atoms with Crippen molar-refractivity contribution in [2.24, 2.45) is 0 Å². The van der Waals surface area contributed by atoms with Gasteiger partial charge in [0.05, 0.1) is 5.69 Å². The first-order valence-corrected chi connectivity index (χ1v) is 9.47. The maximum absolute atomic E-state index is 6.08. The van der Waals surface area contributed by atoms with Crippen LogP contribution in [-0.4, -0.2) is 9.38 Å². The van der Waals surface area contributed by atoms with Crippen molar-refractivity contribution < 1.29 is 9.47 Å². The lowest BCUT2D eigenvalue weighted by Crippen LogP contribution is -2.01. The molecule has 0 spiro atoms. The standard InChI is InChI=1S/C24H20N2O2/c1-2-6-18(7-3-1)14-21-16-27-17-23(28-21)20-11-9-19(10-12-20)22-15-26-13-5-4-8-24(26)25-22/h1-2,4-6,8-13,15-17H,3,7,14H2. The SMILES string of the molecule is C1=CCCC(CC2=COC=C(c3ccc(-c4cn5ccccc5n4)cc3)O2)=C1. The van der Waals surface area contributed by atoms with Crippen LogP contribution in [0, 0.1) is 0 Å². The number of allylic oxidation sites excluding steroid dienone is 4. The van der Waals surface area contributed by atoms with Crippen LogP contribution in [-0.2, 0) is 9.47 Å². The minimum absolute atomic E-state index is 0.728. The Balaban J connectivity index is 1.32. The van der Waals surface area contributed by atoms with Crippen LogP contribution in [0.4, 0.5) is 0 Å². The largest absolute Gasteiger partial charge is 0.465 e. The van der Waals surface area contributed by atoms with E-state index >= 15 is 0 Å². The smallest absolute Gasteiger partial charge is 0.169 e. The van der Waals surface area contributed by atoms with Gasteiger partial charge in [0.1, 0.15) is 23.9 Å². The number of aromatic nitrogens is 2. The first kappa shape index (κ1) is 16.6. The summed E-state index contributed by atoms with van der Waals surface area (Å²) in [6.45, 7) is 0. The zero-order valence-corrected chi connectivity index (χ0v) is 15.4. The van der Waals surface area contributed by atoms with Gasteiger partial charge in [0.2, 0.25) is 0 Å². The van der Waals surface area contributed by atoms with Crippen molar-refractivity contribution in [1.82, 2.24) is 9.38 Å². The molecule has 4 nitrogen and oxygen atoms in total. The summed E-state index contributed by atoms with van der Waals surface area (Å²) in [6, 6.07) is 14.2. The highest BCUT2D eigenvalue weighted by Gasteiger charge is 2.14. The molecular formula is C24H20N2O2. The van der Waals surface area contributed by atoms with Gasteiger partial charge in [0.25, 0.3) is 0 Å². The van der Waals surface area contributed by atoms with Crippen molar-refractivity contribution in [3.8, 4) is 11.3 Å². The maximum Gasteiger partial charge on any atom is 0.169 e. The Bertz CT molecular complexity index is 1100. The van der Waals surface area contributed by atoms with Crippen LogP contribution in [0.3, 0.4) is 0 Å². The third kappa shape index (κ3) is 3.37. The predicted octanol–water partition coefficient (Wildman–Crippen LogP) is 5.85. The van der Waals surface area contributed by atoms with Crippen LogP contribution in [0.25, 0.3) is 22.7 Å². The Morgan fingerprint density at radius 1 is 1.00 bits per heavy atom. The van der Waals surface area contributed by atoms with Crippen molar-refractivity contribution in [3.05, 3.63) is 103 Å². The number of benzene rings is 1. The summed E-state index contributed by atoms with van der Waals surface area (Å²) in [5.74, 6) is 1.56. The van der Waals surface area contributed by atoms with E-state index in [0.717, 1.165) is 53.2 Å². The third-order valence-corrected chi connectivity index (χ3v) is 4.95. The molecule has 2 aliphatic rings. The third-order valence-electron chi connectivity index (χ3n) is 4.95. The molecule has 0 unspecified atom stereocenters. The fourth-order valence-electron chi connectivity index (χ4n) is 3.47. The minimum Gasteiger partial charge on any atom is -0.465 e. The van der Waals surface area contributed by atoms with Gasteiger partial charge in [0.15, 0.2) is 5.76 Å². The number of hydrogen-bond donors (Lipinski definition) is 0. The fraction of sp³-hybridized carbons (Fsp3) is 0.125. The highest BCUT2D eigenvalue weighted by molar-refractivity contribution is 5.67. The van der Waals surface area contributed by atoms with E-state index in [1.165, 1.54) is 5.57 Å². The van der Waals surface area contributed by atoms with Crippen molar-refractivity contribution in [3.63, 3.8) is 0 Å². The Kier molecular flexibility index (Phi) is 4.30. The van der Waals surface area contributed by atoms with Crippen molar-refractivity contribution >= 4 is 11.4 Å². The molecule has 0 saturated carbocycles. The molecule has 0 radical (unpaired) electrons. The fourth-order valence-corrected chi connectivity index (χ4v) is 3.47. The van der Waals surface area contributed by atoms with Crippen LogP contribution >= 0.6 is 0 Å². The number of rotatable bonds is 4. The van der Waals surface area contributed by atoms with E-state index < -0.39 is 0 Å². The molecule has 3 aromatic rings. The molecule has 0 N–H and O–H groups in total. The van der Waals surface area contributed by atoms with Gasteiger partial charge in [-0.15, -0.1) is 0 Å². The molecule has 2 aromatic heterocycles. The summed E-state index contributed by atoms with van der Waals surface area (Å²) in [5.41, 5.74) is 5.30. The van der Waals surface area contributed by atoms with Crippen molar-refractivity contribution in [1.29, 1.82) is 0 Å². The van der Waals surface area contributed by atoms with Crippen molar-refractivity contribution in [2.75, 3.05) is 0 Å². The highest BCUT2D eigenvalue weighted by atomic mass is 16.5. The Morgan fingerprint density at radius 2 is 1.89 bits per heavy atom. The lowest BCUT2D eigenvalue weighted by molar-refractivity contribution is 0.273. The van der Waals surface area contributed by atoms with Gasteiger partial charge in [0, 0.05) is 29.9 Å². The second kappa shape index (κ2) is 7.24. The zero-order chi connectivity index (χ0) is 18.8. The summed E-state index contributed by atoms with van der Waals surface area (Å²) >= 11 is 0. The van der Waals surface area contributed by atoms with Gasteiger partial charge < -0.3 is 13.9 Å². The quantitative estimate of drug-likeness (QED) is 0.579. The maximum atomic E-state index is 6.08.